The van der Waals surface area contributed by atoms with Crippen molar-refractivity contribution in [1.82, 2.24) is 9.97 Å². The Hall–Kier alpha value is -2.30. The third kappa shape index (κ3) is 3.64. The third-order valence-corrected chi connectivity index (χ3v) is 2.08. The zero-order valence-electron chi connectivity index (χ0n) is 9.34. The topological polar surface area (TPSA) is 73.1 Å². The first kappa shape index (κ1) is 11.2. The maximum Gasteiger partial charge on any atom is 0.222 e. The van der Waals surface area contributed by atoms with Gasteiger partial charge in [-0.15, -0.1) is 0 Å². The van der Waals surface area contributed by atoms with E-state index in [2.05, 4.69) is 15.3 Å². The largest absolute Gasteiger partial charge is 0.492 e. The van der Waals surface area contributed by atoms with Gasteiger partial charge in [0.2, 0.25) is 5.95 Å². The molecule has 0 saturated carbocycles. The molecule has 0 fully saturated rings. The van der Waals surface area contributed by atoms with Gasteiger partial charge >= 0.3 is 0 Å². The summed E-state index contributed by atoms with van der Waals surface area (Å²) in [7, 11) is 0. The predicted molar refractivity (Wildman–Crippen MR) is 66.9 cm³/mol. The highest BCUT2D eigenvalue weighted by Gasteiger charge is 1.95. The number of hydrogen-bond donors (Lipinski definition) is 2. The molecule has 2 aromatic rings. The van der Waals surface area contributed by atoms with Gasteiger partial charge in [-0.2, -0.15) is 0 Å². The molecule has 0 spiro atoms. The fourth-order valence-electron chi connectivity index (χ4n) is 1.33. The van der Waals surface area contributed by atoms with Crippen molar-refractivity contribution in [3.05, 3.63) is 42.7 Å². The Morgan fingerprint density at radius 1 is 1.18 bits per heavy atom. The van der Waals surface area contributed by atoms with Crippen molar-refractivity contribution < 1.29 is 4.74 Å². The van der Waals surface area contributed by atoms with E-state index in [1.807, 2.05) is 18.2 Å². The Morgan fingerprint density at radius 2 is 2.00 bits per heavy atom. The molecule has 0 unspecified atom stereocenters. The zero-order valence-corrected chi connectivity index (χ0v) is 9.34. The average molecular weight is 230 g/mol. The molecule has 1 heterocycles. The number of ether oxygens (including phenoxy) is 1. The summed E-state index contributed by atoms with van der Waals surface area (Å²) in [5.41, 5.74) is 6.33. The molecule has 17 heavy (non-hydrogen) atoms. The number of hydrogen-bond acceptors (Lipinski definition) is 5. The quantitative estimate of drug-likeness (QED) is 0.602. The molecule has 1 aromatic heterocycles. The van der Waals surface area contributed by atoms with Gasteiger partial charge in [-0.3, -0.25) is 0 Å². The lowest BCUT2D eigenvalue weighted by Crippen LogP contribution is -2.13. The van der Waals surface area contributed by atoms with Gasteiger partial charge in [0.1, 0.15) is 12.4 Å². The van der Waals surface area contributed by atoms with Crippen molar-refractivity contribution in [3.8, 4) is 5.75 Å². The minimum absolute atomic E-state index is 0.529. The first-order valence-corrected chi connectivity index (χ1v) is 5.34. The molecule has 1 aromatic carbocycles. The van der Waals surface area contributed by atoms with Crippen LogP contribution in [0.4, 0.5) is 11.6 Å². The highest BCUT2D eigenvalue weighted by molar-refractivity contribution is 5.43. The monoisotopic (exact) mass is 230 g/mol. The van der Waals surface area contributed by atoms with Crippen molar-refractivity contribution in [1.29, 1.82) is 0 Å². The van der Waals surface area contributed by atoms with E-state index in [9.17, 15) is 0 Å². The summed E-state index contributed by atoms with van der Waals surface area (Å²) < 4.78 is 5.51. The van der Waals surface area contributed by atoms with Crippen molar-refractivity contribution in [3.63, 3.8) is 0 Å². The van der Waals surface area contributed by atoms with E-state index in [0.29, 0.717) is 24.8 Å². The summed E-state index contributed by atoms with van der Waals surface area (Å²) in [5, 5.41) is 3.05. The van der Waals surface area contributed by atoms with Crippen LogP contribution in [0.1, 0.15) is 0 Å². The average Bonchev–Trinajstić information content (AvgIpc) is 2.36. The van der Waals surface area contributed by atoms with Crippen LogP contribution in [-0.2, 0) is 0 Å². The van der Waals surface area contributed by atoms with Crippen LogP contribution in [0.2, 0.25) is 0 Å². The number of nitrogens with zero attached hydrogens (tertiary/aromatic N) is 2. The first-order valence-electron chi connectivity index (χ1n) is 5.34. The molecular formula is C12H14N4O. The molecule has 0 atom stereocenters. The molecule has 5 nitrogen and oxygen atoms in total. The summed E-state index contributed by atoms with van der Waals surface area (Å²) in [6.45, 7) is 1.17. The number of rotatable bonds is 5. The highest BCUT2D eigenvalue weighted by atomic mass is 16.5. The first-order chi connectivity index (χ1) is 8.34. The van der Waals surface area contributed by atoms with E-state index in [-0.39, 0.29) is 0 Å². The second-order valence-corrected chi connectivity index (χ2v) is 3.42. The summed E-state index contributed by atoms with van der Waals surface area (Å²) >= 11 is 0. The summed E-state index contributed by atoms with van der Waals surface area (Å²) in [6.07, 6.45) is 3.38. The van der Waals surface area contributed by atoms with E-state index < -0.39 is 0 Å². The predicted octanol–water partition coefficient (Wildman–Crippen LogP) is 1.55. The standard InChI is InChI=1S/C12H14N4O/c13-10-3-1-4-11(9-10)17-8-7-16-12-14-5-2-6-15-12/h1-6,9H,7-8,13H2,(H,14,15,16). The van der Waals surface area contributed by atoms with Crippen LogP contribution in [-0.4, -0.2) is 23.1 Å². The van der Waals surface area contributed by atoms with Gasteiger partial charge in [-0.25, -0.2) is 9.97 Å². The number of anilines is 2. The lowest BCUT2D eigenvalue weighted by molar-refractivity contribution is 0.333. The Bertz CT molecular complexity index is 461. The van der Waals surface area contributed by atoms with Crippen LogP contribution in [0.25, 0.3) is 0 Å². The molecule has 0 amide bonds. The lowest BCUT2D eigenvalue weighted by Gasteiger charge is -2.07. The molecule has 0 radical (unpaired) electrons. The molecule has 5 heteroatoms. The maximum atomic E-state index is 5.64. The van der Waals surface area contributed by atoms with E-state index in [4.69, 9.17) is 10.5 Å². The Morgan fingerprint density at radius 3 is 2.76 bits per heavy atom. The SMILES string of the molecule is Nc1cccc(OCCNc2ncccn2)c1. The Labute approximate surface area is 99.7 Å². The van der Waals surface area contributed by atoms with Crippen molar-refractivity contribution in [2.75, 3.05) is 24.2 Å². The van der Waals surface area contributed by atoms with Crippen LogP contribution in [0.3, 0.4) is 0 Å². The Balaban J connectivity index is 1.73. The van der Waals surface area contributed by atoms with Gasteiger partial charge < -0.3 is 15.8 Å². The van der Waals surface area contributed by atoms with E-state index >= 15 is 0 Å². The van der Waals surface area contributed by atoms with Gasteiger partial charge in [0, 0.05) is 24.1 Å². The van der Waals surface area contributed by atoms with Crippen LogP contribution in [0, 0.1) is 0 Å². The van der Waals surface area contributed by atoms with Gasteiger partial charge in [-0.1, -0.05) is 6.07 Å². The molecular weight excluding hydrogens is 216 g/mol. The molecule has 88 valence electrons. The van der Waals surface area contributed by atoms with Crippen molar-refractivity contribution >= 4 is 11.6 Å². The highest BCUT2D eigenvalue weighted by Crippen LogP contribution is 2.13. The van der Waals surface area contributed by atoms with Crippen LogP contribution in [0.5, 0.6) is 5.75 Å². The molecule has 0 aliphatic carbocycles. The normalized spacial score (nSPS) is 9.88. The molecule has 0 aliphatic rings. The molecule has 3 N–H and O–H groups in total. The molecule has 0 saturated heterocycles. The second kappa shape index (κ2) is 5.69. The third-order valence-electron chi connectivity index (χ3n) is 2.08. The minimum Gasteiger partial charge on any atom is -0.492 e. The molecule has 2 rings (SSSR count). The fraction of sp³-hybridized carbons (Fsp3) is 0.167. The number of nitrogens with one attached hydrogen (secondary N) is 1. The van der Waals surface area contributed by atoms with E-state index in [1.54, 1.807) is 24.5 Å². The van der Waals surface area contributed by atoms with E-state index in [0.717, 1.165) is 5.75 Å². The van der Waals surface area contributed by atoms with Crippen molar-refractivity contribution in [2.45, 2.75) is 0 Å². The van der Waals surface area contributed by atoms with Crippen LogP contribution >= 0.6 is 0 Å². The van der Waals surface area contributed by atoms with Crippen LogP contribution < -0.4 is 15.8 Å². The number of nitrogen functional groups attached to an aromatic ring is 1. The van der Waals surface area contributed by atoms with Gasteiger partial charge in [0.05, 0.1) is 6.54 Å². The lowest BCUT2D eigenvalue weighted by atomic mass is 10.3. The van der Waals surface area contributed by atoms with E-state index in [1.165, 1.54) is 0 Å². The smallest absolute Gasteiger partial charge is 0.222 e. The fourth-order valence-corrected chi connectivity index (χ4v) is 1.33. The van der Waals surface area contributed by atoms with Gasteiger partial charge in [0.25, 0.3) is 0 Å². The number of nitrogens with two attached hydrogens (primary N) is 1. The Kier molecular flexibility index (Phi) is 3.75. The second-order valence-electron chi connectivity index (χ2n) is 3.42. The van der Waals surface area contributed by atoms with Crippen LogP contribution in [0.15, 0.2) is 42.7 Å². The molecule has 0 bridgehead atoms. The minimum atomic E-state index is 0.529. The summed E-state index contributed by atoms with van der Waals surface area (Å²) in [4.78, 5) is 8.08. The van der Waals surface area contributed by atoms with Crippen molar-refractivity contribution in [2.24, 2.45) is 0 Å². The summed E-state index contributed by atoms with van der Waals surface area (Å²) in [6, 6.07) is 9.12. The zero-order chi connectivity index (χ0) is 11.9. The van der Waals surface area contributed by atoms with Gasteiger partial charge in [-0.05, 0) is 18.2 Å². The number of benzene rings is 1. The van der Waals surface area contributed by atoms with Gasteiger partial charge in [0.15, 0.2) is 0 Å². The molecule has 0 aliphatic heterocycles. The maximum absolute atomic E-state index is 5.64. The number of aromatic nitrogens is 2. The summed E-state index contributed by atoms with van der Waals surface area (Å²) in [5.74, 6) is 1.37.